The van der Waals surface area contributed by atoms with E-state index in [1.807, 2.05) is 0 Å². The molecule has 23 heavy (non-hydrogen) atoms. The van der Waals surface area contributed by atoms with Crippen molar-refractivity contribution < 1.29 is 0 Å². The number of hydrogen-bond acceptors (Lipinski definition) is 5. The third kappa shape index (κ3) is 2.71. The molecule has 120 valence electrons. The Morgan fingerprint density at radius 3 is 2.30 bits per heavy atom. The molecular formula is C18H23N5. The van der Waals surface area contributed by atoms with E-state index in [1.54, 1.807) is 6.33 Å². The number of nitrogens with two attached hydrogens (primary N) is 1. The lowest BCUT2D eigenvalue weighted by Crippen LogP contribution is -2.34. The van der Waals surface area contributed by atoms with Gasteiger partial charge in [-0.25, -0.2) is 9.97 Å². The van der Waals surface area contributed by atoms with Gasteiger partial charge in [-0.15, -0.1) is 0 Å². The lowest BCUT2D eigenvalue weighted by Gasteiger charge is -2.33. The van der Waals surface area contributed by atoms with Crippen molar-refractivity contribution in [2.75, 3.05) is 35.2 Å². The van der Waals surface area contributed by atoms with Gasteiger partial charge in [0.15, 0.2) is 11.6 Å². The zero-order chi connectivity index (χ0) is 15.6. The molecule has 5 heteroatoms. The van der Waals surface area contributed by atoms with Crippen LogP contribution >= 0.6 is 0 Å². The first-order valence-electron chi connectivity index (χ1n) is 8.50. The first kappa shape index (κ1) is 14.3. The lowest BCUT2D eigenvalue weighted by atomic mass is 10.00. The van der Waals surface area contributed by atoms with Gasteiger partial charge in [-0.3, -0.25) is 0 Å². The molecule has 4 rings (SSSR count). The summed E-state index contributed by atoms with van der Waals surface area (Å²) in [7, 11) is 0. The molecule has 2 aromatic rings. The summed E-state index contributed by atoms with van der Waals surface area (Å²) in [5.41, 5.74) is 10.00. The summed E-state index contributed by atoms with van der Waals surface area (Å²) in [5.74, 6) is 1.80. The molecule has 0 aliphatic carbocycles. The number of aromatic nitrogens is 2. The van der Waals surface area contributed by atoms with E-state index in [0.717, 1.165) is 49.9 Å². The van der Waals surface area contributed by atoms with E-state index >= 15 is 0 Å². The molecule has 1 saturated heterocycles. The van der Waals surface area contributed by atoms with Crippen LogP contribution in [-0.4, -0.2) is 29.6 Å². The van der Waals surface area contributed by atoms with Gasteiger partial charge in [-0.05, 0) is 36.8 Å². The molecule has 0 bridgehead atoms. The maximum absolute atomic E-state index is 6.46. The normalized spacial score (nSPS) is 17.9. The van der Waals surface area contributed by atoms with Crippen molar-refractivity contribution in [2.24, 2.45) is 0 Å². The summed E-state index contributed by atoms with van der Waals surface area (Å²) in [6.07, 6.45) is 6.44. The predicted molar refractivity (Wildman–Crippen MR) is 93.7 cm³/mol. The van der Waals surface area contributed by atoms with Gasteiger partial charge in [0.25, 0.3) is 0 Å². The van der Waals surface area contributed by atoms with E-state index in [-0.39, 0.29) is 0 Å². The maximum atomic E-state index is 6.46. The molecule has 0 spiro atoms. The van der Waals surface area contributed by atoms with Crippen LogP contribution in [-0.2, 0) is 13.0 Å². The monoisotopic (exact) mass is 309 g/mol. The average Bonchev–Trinajstić information content (AvgIpc) is 2.62. The minimum atomic E-state index is 0.730. The van der Waals surface area contributed by atoms with Crippen molar-refractivity contribution >= 4 is 17.3 Å². The van der Waals surface area contributed by atoms with Gasteiger partial charge in [-0.2, -0.15) is 0 Å². The number of anilines is 3. The summed E-state index contributed by atoms with van der Waals surface area (Å²) in [6, 6.07) is 8.63. The van der Waals surface area contributed by atoms with Crippen LogP contribution in [0.1, 0.15) is 30.4 Å². The molecule has 1 fully saturated rings. The van der Waals surface area contributed by atoms with Crippen LogP contribution in [0.2, 0.25) is 0 Å². The lowest BCUT2D eigenvalue weighted by molar-refractivity contribution is 0.573. The highest BCUT2D eigenvalue weighted by Gasteiger charge is 2.23. The molecule has 2 aliphatic heterocycles. The van der Waals surface area contributed by atoms with Crippen LogP contribution in [0.4, 0.5) is 17.3 Å². The molecular weight excluding hydrogens is 286 g/mol. The van der Waals surface area contributed by atoms with E-state index in [9.17, 15) is 0 Å². The summed E-state index contributed by atoms with van der Waals surface area (Å²) in [5, 5.41) is 0. The van der Waals surface area contributed by atoms with Crippen LogP contribution in [0, 0.1) is 0 Å². The quantitative estimate of drug-likeness (QED) is 0.924. The largest absolute Gasteiger partial charge is 0.393 e. The second-order valence-corrected chi connectivity index (χ2v) is 6.42. The van der Waals surface area contributed by atoms with Gasteiger partial charge < -0.3 is 15.5 Å². The number of nitrogen functional groups attached to an aromatic ring is 1. The Labute approximate surface area is 137 Å². The first-order valence-corrected chi connectivity index (χ1v) is 8.50. The Kier molecular flexibility index (Phi) is 3.77. The molecule has 5 nitrogen and oxygen atoms in total. The number of nitrogens with zero attached hydrogens (tertiary/aromatic N) is 4. The minimum absolute atomic E-state index is 0.730. The van der Waals surface area contributed by atoms with Crippen LogP contribution in [0.3, 0.4) is 0 Å². The highest BCUT2D eigenvalue weighted by atomic mass is 15.3. The Bertz CT molecular complexity index is 694. The average molecular weight is 309 g/mol. The van der Waals surface area contributed by atoms with Crippen molar-refractivity contribution in [2.45, 2.75) is 32.2 Å². The van der Waals surface area contributed by atoms with Crippen molar-refractivity contribution in [3.8, 4) is 0 Å². The first-order chi connectivity index (χ1) is 11.3. The Morgan fingerprint density at radius 2 is 1.52 bits per heavy atom. The molecule has 0 amide bonds. The minimum Gasteiger partial charge on any atom is -0.393 e. The van der Waals surface area contributed by atoms with Crippen molar-refractivity contribution in [3.05, 3.63) is 41.7 Å². The van der Waals surface area contributed by atoms with Crippen LogP contribution in [0.5, 0.6) is 0 Å². The SMILES string of the molecule is Nc1c(N2CCCCC2)ncnc1N1CCc2ccccc2C1. The highest BCUT2D eigenvalue weighted by Crippen LogP contribution is 2.33. The van der Waals surface area contributed by atoms with Gasteiger partial charge in [-0.1, -0.05) is 24.3 Å². The van der Waals surface area contributed by atoms with Gasteiger partial charge >= 0.3 is 0 Å². The molecule has 2 aliphatic rings. The Hall–Kier alpha value is -2.30. The van der Waals surface area contributed by atoms with Crippen LogP contribution < -0.4 is 15.5 Å². The van der Waals surface area contributed by atoms with E-state index in [1.165, 1.54) is 30.4 Å². The fraction of sp³-hybridized carbons (Fsp3) is 0.444. The summed E-state index contributed by atoms with van der Waals surface area (Å²) < 4.78 is 0. The number of benzene rings is 1. The van der Waals surface area contributed by atoms with Crippen molar-refractivity contribution in [1.82, 2.24) is 9.97 Å². The topological polar surface area (TPSA) is 58.3 Å². The van der Waals surface area contributed by atoms with Crippen LogP contribution in [0.15, 0.2) is 30.6 Å². The van der Waals surface area contributed by atoms with Gasteiger partial charge in [0.2, 0.25) is 0 Å². The van der Waals surface area contributed by atoms with Crippen molar-refractivity contribution in [1.29, 1.82) is 0 Å². The predicted octanol–water partition coefficient (Wildman–Crippen LogP) is 2.61. The fourth-order valence-corrected chi connectivity index (χ4v) is 3.66. The van der Waals surface area contributed by atoms with Gasteiger partial charge in [0.05, 0.1) is 0 Å². The molecule has 2 N–H and O–H groups in total. The van der Waals surface area contributed by atoms with Crippen molar-refractivity contribution in [3.63, 3.8) is 0 Å². The third-order valence-electron chi connectivity index (χ3n) is 4.93. The molecule has 1 aromatic carbocycles. The van der Waals surface area contributed by atoms with E-state index in [2.05, 4.69) is 44.0 Å². The smallest absolute Gasteiger partial charge is 0.157 e. The number of hydrogen-bond donors (Lipinski definition) is 1. The van der Waals surface area contributed by atoms with Crippen LogP contribution in [0.25, 0.3) is 0 Å². The molecule has 0 unspecified atom stereocenters. The zero-order valence-corrected chi connectivity index (χ0v) is 13.4. The number of fused-ring (bicyclic) bond motifs is 1. The molecule has 1 aromatic heterocycles. The standard InChI is InChI=1S/C18H23N5/c19-16-17(22-9-4-1-5-10-22)20-13-21-18(16)23-11-8-14-6-2-3-7-15(14)12-23/h2-3,6-7,13H,1,4-5,8-12,19H2. The summed E-state index contributed by atoms with van der Waals surface area (Å²) in [6.45, 7) is 3.92. The number of rotatable bonds is 2. The third-order valence-corrected chi connectivity index (χ3v) is 4.93. The van der Waals surface area contributed by atoms with E-state index in [4.69, 9.17) is 5.73 Å². The fourth-order valence-electron chi connectivity index (χ4n) is 3.66. The molecule has 0 radical (unpaired) electrons. The zero-order valence-electron chi connectivity index (χ0n) is 13.4. The Balaban J connectivity index is 1.62. The van der Waals surface area contributed by atoms with E-state index in [0.29, 0.717) is 0 Å². The second-order valence-electron chi connectivity index (χ2n) is 6.42. The van der Waals surface area contributed by atoms with E-state index < -0.39 is 0 Å². The summed E-state index contributed by atoms with van der Waals surface area (Å²) >= 11 is 0. The maximum Gasteiger partial charge on any atom is 0.157 e. The number of piperidine rings is 1. The molecule has 3 heterocycles. The molecule has 0 atom stereocenters. The summed E-state index contributed by atoms with van der Waals surface area (Å²) in [4.78, 5) is 13.6. The highest BCUT2D eigenvalue weighted by molar-refractivity contribution is 5.76. The Morgan fingerprint density at radius 1 is 0.826 bits per heavy atom. The molecule has 0 saturated carbocycles. The second kappa shape index (κ2) is 6.07. The van der Waals surface area contributed by atoms with Gasteiger partial charge in [0, 0.05) is 26.2 Å². The van der Waals surface area contributed by atoms with Gasteiger partial charge in [0.1, 0.15) is 12.0 Å².